The van der Waals surface area contributed by atoms with Crippen molar-refractivity contribution in [3.8, 4) is 0 Å². The third-order valence-electron chi connectivity index (χ3n) is 1.55. The molecule has 7 nitrogen and oxygen atoms in total. The van der Waals surface area contributed by atoms with Crippen molar-refractivity contribution in [3.63, 3.8) is 0 Å². The maximum absolute atomic E-state index is 11.2. The molecule has 1 heterocycles. The van der Waals surface area contributed by atoms with Gasteiger partial charge in [-0.3, -0.25) is 0 Å². The summed E-state index contributed by atoms with van der Waals surface area (Å²) >= 11 is 0. The first-order valence-corrected chi connectivity index (χ1v) is 4.17. The Morgan fingerprint density at radius 2 is 2.43 bits per heavy atom. The molecule has 0 aliphatic rings. The monoisotopic (exact) mass is 200 g/mol. The summed E-state index contributed by atoms with van der Waals surface area (Å²) in [4.78, 5) is 11.2. The summed E-state index contributed by atoms with van der Waals surface area (Å²) in [5.74, 6) is -0.494. The fraction of sp³-hybridized carbons (Fsp3) is 0.571. The Bertz CT molecular complexity index is 323. The second-order valence-electron chi connectivity index (χ2n) is 2.49. The first-order chi connectivity index (χ1) is 6.70. The zero-order chi connectivity index (χ0) is 10.6. The van der Waals surface area contributed by atoms with E-state index < -0.39 is 5.97 Å². The molecule has 14 heavy (non-hydrogen) atoms. The van der Waals surface area contributed by atoms with Crippen molar-refractivity contribution in [1.29, 1.82) is 0 Å². The molecule has 1 aromatic heterocycles. The highest BCUT2D eigenvalue weighted by atomic mass is 16.5. The topological polar surface area (TPSA) is 103 Å². The first kappa shape index (κ1) is 10.5. The lowest BCUT2D eigenvalue weighted by Crippen LogP contribution is -2.11. The molecule has 0 radical (unpaired) electrons. The van der Waals surface area contributed by atoms with Crippen LogP contribution in [0.15, 0.2) is 0 Å². The van der Waals surface area contributed by atoms with Crippen molar-refractivity contribution < 1.29 is 14.6 Å². The number of aliphatic hydroxyl groups excluding tert-OH is 1. The predicted molar refractivity (Wildman–Crippen MR) is 47.5 cm³/mol. The number of hydrogen-bond acceptors (Lipinski definition) is 6. The van der Waals surface area contributed by atoms with E-state index in [0.717, 1.165) is 0 Å². The van der Waals surface area contributed by atoms with Gasteiger partial charge in [-0.15, -0.1) is 5.10 Å². The number of esters is 1. The highest BCUT2D eigenvalue weighted by Crippen LogP contribution is 2.08. The van der Waals surface area contributed by atoms with Gasteiger partial charge in [0.1, 0.15) is 0 Å². The van der Waals surface area contributed by atoms with Crippen LogP contribution >= 0.6 is 0 Å². The fourth-order valence-corrected chi connectivity index (χ4v) is 0.925. The number of nitrogens with two attached hydrogens (primary N) is 1. The molecule has 0 aromatic carbocycles. The number of carbonyl (C=O) groups excluding carboxylic acids is 1. The van der Waals surface area contributed by atoms with E-state index in [4.69, 9.17) is 15.6 Å². The molecule has 0 bridgehead atoms. The van der Waals surface area contributed by atoms with Gasteiger partial charge in [-0.05, 0) is 6.92 Å². The van der Waals surface area contributed by atoms with E-state index in [1.54, 1.807) is 6.92 Å². The van der Waals surface area contributed by atoms with Gasteiger partial charge in [-0.1, -0.05) is 5.21 Å². The van der Waals surface area contributed by atoms with E-state index in [0.29, 0.717) is 0 Å². The van der Waals surface area contributed by atoms with Crippen LogP contribution in [0.2, 0.25) is 0 Å². The van der Waals surface area contributed by atoms with Crippen molar-refractivity contribution in [2.75, 3.05) is 18.9 Å². The largest absolute Gasteiger partial charge is 0.461 e. The van der Waals surface area contributed by atoms with Crippen LogP contribution in [0.5, 0.6) is 0 Å². The van der Waals surface area contributed by atoms with Gasteiger partial charge in [-0.25, -0.2) is 9.48 Å². The van der Waals surface area contributed by atoms with Crippen LogP contribution in [-0.4, -0.2) is 39.3 Å². The lowest BCUT2D eigenvalue weighted by molar-refractivity contribution is 0.0520. The normalized spacial score (nSPS) is 10.1. The average Bonchev–Trinajstić information content (AvgIpc) is 2.49. The molecule has 3 N–H and O–H groups in total. The maximum Gasteiger partial charge on any atom is 0.362 e. The molecule has 0 atom stereocenters. The fourth-order valence-electron chi connectivity index (χ4n) is 0.925. The Morgan fingerprint density at radius 3 is 3.00 bits per heavy atom. The summed E-state index contributed by atoms with van der Waals surface area (Å²) in [6.07, 6.45) is 0. The molecule has 0 amide bonds. The van der Waals surface area contributed by atoms with E-state index in [1.165, 1.54) is 4.68 Å². The summed E-state index contributed by atoms with van der Waals surface area (Å²) in [7, 11) is 0. The van der Waals surface area contributed by atoms with Crippen molar-refractivity contribution in [2.45, 2.75) is 13.5 Å². The Morgan fingerprint density at radius 1 is 1.71 bits per heavy atom. The van der Waals surface area contributed by atoms with Crippen molar-refractivity contribution in [1.82, 2.24) is 15.0 Å². The number of nitrogens with zero attached hydrogens (tertiary/aromatic N) is 3. The molecule has 7 heteroatoms. The second-order valence-corrected chi connectivity index (χ2v) is 2.49. The molecule has 0 saturated heterocycles. The number of carbonyl (C=O) groups is 1. The van der Waals surface area contributed by atoms with Crippen LogP contribution in [0.4, 0.5) is 5.82 Å². The Kier molecular flexibility index (Phi) is 3.41. The first-order valence-electron chi connectivity index (χ1n) is 4.17. The number of aromatic nitrogens is 3. The van der Waals surface area contributed by atoms with E-state index in [-0.39, 0.29) is 31.3 Å². The third kappa shape index (κ3) is 1.99. The van der Waals surface area contributed by atoms with Gasteiger partial charge in [0.25, 0.3) is 0 Å². The van der Waals surface area contributed by atoms with Crippen LogP contribution in [0, 0.1) is 0 Å². The molecule has 0 aliphatic heterocycles. The van der Waals surface area contributed by atoms with Crippen molar-refractivity contribution >= 4 is 11.8 Å². The molecule has 0 aliphatic carbocycles. The van der Waals surface area contributed by atoms with Crippen LogP contribution < -0.4 is 5.73 Å². The number of hydrogen-bond donors (Lipinski definition) is 2. The number of nitrogen functional groups attached to an aromatic ring is 1. The summed E-state index contributed by atoms with van der Waals surface area (Å²) in [5, 5.41) is 15.8. The van der Waals surface area contributed by atoms with Crippen LogP contribution in [0.3, 0.4) is 0 Å². The predicted octanol–water partition coefficient (Wildman–Crippen LogP) is -0.971. The molecular formula is C7H12N4O3. The zero-order valence-electron chi connectivity index (χ0n) is 7.80. The summed E-state index contributed by atoms with van der Waals surface area (Å²) in [6, 6.07) is 0. The van der Waals surface area contributed by atoms with Gasteiger partial charge in [-0.2, -0.15) is 0 Å². The SMILES string of the molecule is CCOC(=O)c1nnn(CCO)c1N. The van der Waals surface area contributed by atoms with Crippen LogP contribution in [0.25, 0.3) is 0 Å². The van der Waals surface area contributed by atoms with E-state index in [1.807, 2.05) is 0 Å². The van der Waals surface area contributed by atoms with Crippen LogP contribution in [0.1, 0.15) is 17.4 Å². The Balaban J connectivity index is 2.83. The van der Waals surface area contributed by atoms with Gasteiger partial charge < -0.3 is 15.6 Å². The molecule has 1 rings (SSSR count). The second kappa shape index (κ2) is 4.56. The summed E-state index contributed by atoms with van der Waals surface area (Å²) in [5.41, 5.74) is 5.53. The maximum atomic E-state index is 11.2. The van der Waals surface area contributed by atoms with Gasteiger partial charge in [0.2, 0.25) is 5.69 Å². The number of rotatable bonds is 4. The quantitative estimate of drug-likeness (QED) is 0.606. The molecule has 1 aromatic rings. The highest BCUT2D eigenvalue weighted by Gasteiger charge is 2.17. The van der Waals surface area contributed by atoms with Gasteiger partial charge in [0.05, 0.1) is 19.8 Å². The van der Waals surface area contributed by atoms with Crippen molar-refractivity contribution in [2.24, 2.45) is 0 Å². The Hall–Kier alpha value is -1.63. The number of ether oxygens (including phenoxy) is 1. The zero-order valence-corrected chi connectivity index (χ0v) is 7.80. The smallest absolute Gasteiger partial charge is 0.362 e. The minimum absolute atomic E-state index is 0.0136. The lowest BCUT2D eigenvalue weighted by Gasteiger charge is -2.00. The summed E-state index contributed by atoms with van der Waals surface area (Å²) < 4.78 is 5.95. The van der Waals surface area contributed by atoms with Crippen molar-refractivity contribution in [3.05, 3.63) is 5.69 Å². The number of aliphatic hydroxyl groups is 1. The standard InChI is InChI=1S/C7H12N4O3/c1-2-14-7(13)5-6(8)11(3-4-12)10-9-5/h12H,2-4,8H2,1H3. The molecule has 0 spiro atoms. The molecule has 0 fully saturated rings. The third-order valence-corrected chi connectivity index (χ3v) is 1.55. The van der Waals surface area contributed by atoms with Gasteiger partial charge >= 0.3 is 5.97 Å². The Labute approximate surface area is 80.5 Å². The molecule has 0 unspecified atom stereocenters. The molecule has 0 saturated carbocycles. The minimum atomic E-state index is -0.603. The van der Waals surface area contributed by atoms with Crippen LogP contribution in [-0.2, 0) is 11.3 Å². The van der Waals surface area contributed by atoms with Gasteiger partial charge in [0.15, 0.2) is 5.82 Å². The highest BCUT2D eigenvalue weighted by molar-refractivity contribution is 5.91. The number of anilines is 1. The average molecular weight is 200 g/mol. The summed E-state index contributed by atoms with van der Waals surface area (Å²) in [6.45, 7) is 2.03. The van der Waals surface area contributed by atoms with E-state index in [2.05, 4.69) is 10.3 Å². The lowest BCUT2D eigenvalue weighted by atomic mass is 10.4. The van der Waals surface area contributed by atoms with E-state index >= 15 is 0 Å². The van der Waals surface area contributed by atoms with E-state index in [9.17, 15) is 4.79 Å². The van der Waals surface area contributed by atoms with Gasteiger partial charge in [0, 0.05) is 0 Å². The molecule has 78 valence electrons. The minimum Gasteiger partial charge on any atom is -0.461 e. The molecular weight excluding hydrogens is 188 g/mol.